The summed E-state index contributed by atoms with van der Waals surface area (Å²) in [5.74, 6) is 0.289. The maximum atomic E-state index is 12.0. The first-order valence-corrected chi connectivity index (χ1v) is 6.10. The van der Waals surface area contributed by atoms with E-state index in [9.17, 15) is 4.79 Å². The second-order valence-electron chi connectivity index (χ2n) is 4.46. The van der Waals surface area contributed by atoms with Crippen LogP contribution in [0.4, 0.5) is 0 Å². The van der Waals surface area contributed by atoms with Crippen molar-refractivity contribution in [1.29, 1.82) is 0 Å². The zero-order chi connectivity index (χ0) is 13.7. The fourth-order valence-electron chi connectivity index (χ4n) is 1.68. The summed E-state index contributed by atoms with van der Waals surface area (Å²) in [5.41, 5.74) is 1.17. The molecule has 19 heavy (non-hydrogen) atoms. The summed E-state index contributed by atoms with van der Waals surface area (Å²) in [4.78, 5) is 18.0. The highest BCUT2D eigenvalue weighted by molar-refractivity contribution is 5.97. The van der Waals surface area contributed by atoms with E-state index in [-0.39, 0.29) is 5.91 Å². The van der Waals surface area contributed by atoms with Crippen molar-refractivity contribution < 1.29 is 9.21 Å². The summed E-state index contributed by atoms with van der Waals surface area (Å²) in [7, 11) is 3.91. The highest BCUT2D eigenvalue weighted by Gasteiger charge is 2.17. The molecule has 0 saturated heterocycles. The van der Waals surface area contributed by atoms with Crippen molar-refractivity contribution in [2.24, 2.45) is 0 Å². The smallest absolute Gasteiger partial charge is 0.273 e. The van der Waals surface area contributed by atoms with Gasteiger partial charge in [0, 0.05) is 18.7 Å². The monoisotopic (exact) mass is 259 g/mol. The molecule has 0 aliphatic rings. The number of carbonyl (C=O) groups is 1. The van der Waals surface area contributed by atoms with Gasteiger partial charge in [-0.3, -0.25) is 4.79 Å². The molecule has 2 aromatic rings. The van der Waals surface area contributed by atoms with Crippen molar-refractivity contribution in [3.05, 3.63) is 42.4 Å². The van der Waals surface area contributed by atoms with Gasteiger partial charge < -0.3 is 14.6 Å². The van der Waals surface area contributed by atoms with Crippen molar-refractivity contribution in [2.45, 2.75) is 0 Å². The first kappa shape index (κ1) is 13.3. The van der Waals surface area contributed by atoms with E-state index in [1.165, 1.54) is 6.39 Å². The van der Waals surface area contributed by atoms with Crippen molar-refractivity contribution in [2.75, 3.05) is 27.2 Å². The number of nitrogens with one attached hydrogen (secondary N) is 1. The largest absolute Gasteiger partial charge is 0.443 e. The average molecular weight is 259 g/mol. The molecule has 1 aromatic carbocycles. The molecule has 0 aliphatic carbocycles. The second-order valence-corrected chi connectivity index (χ2v) is 4.46. The Labute approximate surface area is 112 Å². The lowest BCUT2D eigenvalue weighted by molar-refractivity contribution is 0.0947. The van der Waals surface area contributed by atoms with Gasteiger partial charge in [0.25, 0.3) is 5.91 Å². The Morgan fingerprint density at radius 1 is 1.32 bits per heavy atom. The Hall–Kier alpha value is -2.14. The van der Waals surface area contributed by atoms with Gasteiger partial charge in [-0.15, -0.1) is 0 Å². The summed E-state index contributed by atoms with van der Waals surface area (Å²) in [5, 5.41) is 2.82. The lowest BCUT2D eigenvalue weighted by Gasteiger charge is -2.09. The molecule has 0 atom stereocenters. The topological polar surface area (TPSA) is 58.4 Å². The van der Waals surface area contributed by atoms with Gasteiger partial charge in [0.15, 0.2) is 17.8 Å². The van der Waals surface area contributed by atoms with Gasteiger partial charge >= 0.3 is 0 Å². The predicted molar refractivity (Wildman–Crippen MR) is 72.8 cm³/mol. The van der Waals surface area contributed by atoms with Gasteiger partial charge in [-0.2, -0.15) is 0 Å². The molecule has 1 aromatic heterocycles. The van der Waals surface area contributed by atoms with Gasteiger partial charge in [0.2, 0.25) is 0 Å². The van der Waals surface area contributed by atoms with E-state index in [0.717, 1.165) is 12.1 Å². The molecule has 1 amide bonds. The first-order chi connectivity index (χ1) is 9.18. The summed E-state index contributed by atoms with van der Waals surface area (Å²) in [6.45, 7) is 1.36. The Morgan fingerprint density at radius 2 is 2.05 bits per heavy atom. The Bertz CT molecular complexity index is 535. The molecule has 0 saturated carbocycles. The molecular weight excluding hydrogens is 242 g/mol. The van der Waals surface area contributed by atoms with Crippen LogP contribution in [-0.2, 0) is 0 Å². The van der Waals surface area contributed by atoms with E-state index >= 15 is 0 Å². The van der Waals surface area contributed by atoms with Crippen molar-refractivity contribution in [1.82, 2.24) is 15.2 Å². The number of likely N-dealkylation sites (N-methyl/N-ethyl adjacent to an activating group) is 1. The molecule has 5 heteroatoms. The normalized spacial score (nSPS) is 10.7. The van der Waals surface area contributed by atoms with Crippen LogP contribution in [0.25, 0.3) is 11.3 Å². The van der Waals surface area contributed by atoms with Crippen LogP contribution in [0.2, 0.25) is 0 Å². The van der Waals surface area contributed by atoms with Crippen LogP contribution >= 0.6 is 0 Å². The van der Waals surface area contributed by atoms with Gasteiger partial charge in [0.1, 0.15) is 0 Å². The SMILES string of the molecule is CN(C)CCNC(=O)c1ncoc1-c1ccccc1. The summed E-state index contributed by atoms with van der Waals surface area (Å²) in [6, 6.07) is 9.47. The molecule has 1 heterocycles. The predicted octanol–water partition coefficient (Wildman–Crippen LogP) is 1.63. The Kier molecular flexibility index (Phi) is 4.30. The molecule has 0 bridgehead atoms. The molecule has 2 rings (SSSR count). The molecule has 0 fully saturated rings. The molecule has 0 spiro atoms. The quantitative estimate of drug-likeness (QED) is 0.886. The van der Waals surface area contributed by atoms with Crippen LogP contribution in [0.1, 0.15) is 10.5 Å². The number of oxazole rings is 1. The van der Waals surface area contributed by atoms with E-state index in [4.69, 9.17) is 4.42 Å². The van der Waals surface area contributed by atoms with Crippen LogP contribution < -0.4 is 5.32 Å². The number of amides is 1. The van der Waals surface area contributed by atoms with Gasteiger partial charge in [-0.25, -0.2) is 4.98 Å². The third kappa shape index (κ3) is 3.42. The first-order valence-electron chi connectivity index (χ1n) is 6.10. The van der Waals surface area contributed by atoms with Gasteiger partial charge in [-0.1, -0.05) is 30.3 Å². The minimum absolute atomic E-state index is 0.213. The van der Waals surface area contributed by atoms with E-state index in [1.807, 2.05) is 49.3 Å². The summed E-state index contributed by atoms with van der Waals surface area (Å²) in [6.07, 6.45) is 1.29. The zero-order valence-electron chi connectivity index (χ0n) is 11.1. The average Bonchev–Trinajstić information content (AvgIpc) is 2.88. The minimum atomic E-state index is -0.213. The highest BCUT2D eigenvalue weighted by atomic mass is 16.3. The fourth-order valence-corrected chi connectivity index (χ4v) is 1.68. The number of carbonyl (C=O) groups excluding carboxylic acids is 1. The van der Waals surface area contributed by atoms with E-state index in [1.54, 1.807) is 0 Å². The lowest BCUT2D eigenvalue weighted by atomic mass is 10.1. The lowest BCUT2D eigenvalue weighted by Crippen LogP contribution is -2.31. The number of nitrogens with zero attached hydrogens (tertiary/aromatic N) is 2. The zero-order valence-corrected chi connectivity index (χ0v) is 11.1. The van der Waals surface area contributed by atoms with Crippen LogP contribution in [0.15, 0.2) is 41.1 Å². The number of rotatable bonds is 5. The fraction of sp³-hybridized carbons (Fsp3) is 0.286. The molecule has 5 nitrogen and oxygen atoms in total. The van der Waals surface area contributed by atoms with E-state index in [2.05, 4.69) is 10.3 Å². The molecule has 1 N–H and O–H groups in total. The maximum absolute atomic E-state index is 12.0. The summed E-state index contributed by atoms with van der Waals surface area (Å²) < 4.78 is 5.32. The van der Waals surface area contributed by atoms with Crippen molar-refractivity contribution in [3.63, 3.8) is 0 Å². The number of aromatic nitrogens is 1. The second kappa shape index (κ2) is 6.15. The van der Waals surface area contributed by atoms with Gasteiger partial charge in [-0.05, 0) is 14.1 Å². The molecule has 0 aliphatic heterocycles. The number of benzene rings is 1. The van der Waals surface area contributed by atoms with Crippen molar-refractivity contribution in [3.8, 4) is 11.3 Å². The Balaban J connectivity index is 2.09. The minimum Gasteiger partial charge on any atom is -0.443 e. The third-order valence-electron chi connectivity index (χ3n) is 2.66. The van der Waals surface area contributed by atoms with Crippen molar-refractivity contribution >= 4 is 5.91 Å². The van der Waals surface area contributed by atoms with Crippen LogP contribution in [-0.4, -0.2) is 43.0 Å². The maximum Gasteiger partial charge on any atom is 0.273 e. The van der Waals surface area contributed by atoms with E-state index in [0.29, 0.717) is 18.0 Å². The number of hydrogen-bond acceptors (Lipinski definition) is 4. The molecule has 0 radical (unpaired) electrons. The summed E-state index contributed by atoms with van der Waals surface area (Å²) >= 11 is 0. The highest BCUT2D eigenvalue weighted by Crippen LogP contribution is 2.22. The Morgan fingerprint density at radius 3 is 2.74 bits per heavy atom. The molecule has 0 unspecified atom stereocenters. The third-order valence-corrected chi connectivity index (χ3v) is 2.66. The molecular formula is C14H17N3O2. The number of hydrogen-bond donors (Lipinski definition) is 1. The van der Waals surface area contributed by atoms with Crippen LogP contribution in [0.5, 0.6) is 0 Å². The van der Waals surface area contributed by atoms with Gasteiger partial charge in [0.05, 0.1) is 0 Å². The van der Waals surface area contributed by atoms with E-state index < -0.39 is 0 Å². The molecule has 100 valence electrons. The van der Waals surface area contributed by atoms with Crippen LogP contribution in [0, 0.1) is 0 Å². The standard InChI is InChI=1S/C14H17N3O2/c1-17(2)9-8-15-14(18)12-13(19-10-16-12)11-6-4-3-5-7-11/h3-7,10H,8-9H2,1-2H3,(H,15,18). The van der Waals surface area contributed by atoms with Crippen LogP contribution in [0.3, 0.4) is 0 Å².